The fraction of sp³-hybridized carbons (Fsp3) is 0.450. The molecule has 4 fully saturated rings. The summed E-state index contributed by atoms with van der Waals surface area (Å²) in [4.78, 5) is 75.5. The van der Waals surface area contributed by atoms with Crippen molar-refractivity contribution in [3.8, 4) is 0 Å². The fourth-order valence-corrected chi connectivity index (χ4v) is 9.72. The molecule has 14 heteroatoms. The van der Waals surface area contributed by atoms with Crippen LogP contribution in [0.15, 0.2) is 48.7 Å². The zero-order chi connectivity index (χ0) is 37.3. The highest BCUT2D eigenvalue weighted by molar-refractivity contribution is 6.32. The van der Waals surface area contributed by atoms with Crippen LogP contribution in [0.4, 0.5) is 21.6 Å². The Kier molecular flexibility index (Phi) is 8.68. The van der Waals surface area contributed by atoms with Gasteiger partial charge in [-0.15, -0.1) is 0 Å². The third kappa shape index (κ3) is 5.83. The van der Waals surface area contributed by atoms with Crippen molar-refractivity contribution >= 4 is 58.3 Å². The van der Waals surface area contributed by atoms with Gasteiger partial charge in [-0.1, -0.05) is 23.7 Å². The molecule has 2 atom stereocenters. The summed E-state index contributed by atoms with van der Waals surface area (Å²) >= 11 is 6.78. The second-order valence-electron chi connectivity index (χ2n) is 15.5. The molecule has 12 nitrogen and oxygen atoms in total. The molecule has 9 rings (SSSR count). The molecule has 3 aromatic rings. The number of anilines is 3. The molecule has 0 bridgehead atoms. The number of fused-ring (bicyclic) bond motifs is 2. The van der Waals surface area contributed by atoms with Crippen LogP contribution in [0.1, 0.15) is 76.8 Å². The molecule has 3 saturated heterocycles. The van der Waals surface area contributed by atoms with Gasteiger partial charge >= 0.3 is 0 Å². The molecule has 280 valence electrons. The Morgan fingerprint density at radius 2 is 1.69 bits per heavy atom. The number of carbonyl (C=O) groups excluding carboxylic acids is 5. The zero-order valence-corrected chi connectivity index (χ0v) is 30.5. The van der Waals surface area contributed by atoms with Gasteiger partial charge in [0.2, 0.25) is 17.7 Å². The Bertz CT molecular complexity index is 2100. The highest BCUT2D eigenvalue weighted by atomic mass is 35.5. The number of benzene rings is 2. The molecule has 54 heavy (non-hydrogen) atoms. The Morgan fingerprint density at radius 3 is 2.43 bits per heavy atom. The van der Waals surface area contributed by atoms with E-state index in [1.165, 1.54) is 11.6 Å². The molecule has 1 aliphatic carbocycles. The molecule has 2 unspecified atom stereocenters. The number of imide groups is 2. The van der Waals surface area contributed by atoms with Crippen LogP contribution in [0.25, 0.3) is 0 Å². The van der Waals surface area contributed by atoms with Gasteiger partial charge in [-0.05, 0) is 92.8 Å². The predicted octanol–water partition coefficient (Wildman–Crippen LogP) is 4.35. The number of piperazine rings is 1. The van der Waals surface area contributed by atoms with Crippen LogP contribution in [-0.2, 0) is 19.8 Å². The average molecular weight is 754 g/mol. The minimum Gasteiger partial charge on any atom is -0.369 e. The van der Waals surface area contributed by atoms with E-state index in [1.54, 1.807) is 6.20 Å². The smallest absolute Gasteiger partial charge is 0.262 e. The van der Waals surface area contributed by atoms with Gasteiger partial charge in [0.25, 0.3) is 11.8 Å². The van der Waals surface area contributed by atoms with Crippen LogP contribution < -0.4 is 20.4 Å². The topological polar surface area (TPSA) is 135 Å². The van der Waals surface area contributed by atoms with Crippen molar-refractivity contribution < 1.29 is 28.4 Å². The van der Waals surface area contributed by atoms with Crippen molar-refractivity contribution in [3.05, 3.63) is 81.8 Å². The molecular formula is C40H41ClFN7O5. The zero-order valence-electron chi connectivity index (χ0n) is 29.8. The van der Waals surface area contributed by atoms with Crippen LogP contribution in [0.3, 0.4) is 0 Å². The van der Waals surface area contributed by atoms with E-state index in [1.807, 2.05) is 28.0 Å². The lowest BCUT2D eigenvalue weighted by atomic mass is 9.72. The van der Waals surface area contributed by atoms with E-state index in [0.717, 1.165) is 84.8 Å². The van der Waals surface area contributed by atoms with Gasteiger partial charge in [0.05, 0.1) is 23.4 Å². The van der Waals surface area contributed by atoms with E-state index in [-0.39, 0.29) is 41.0 Å². The summed E-state index contributed by atoms with van der Waals surface area (Å²) in [5.74, 6) is -1.31. The van der Waals surface area contributed by atoms with Gasteiger partial charge in [-0.25, -0.2) is 9.37 Å². The van der Waals surface area contributed by atoms with Crippen LogP contribution in [0, 0.1) is 17.7 Å². The molecule has 6 heterocycles. The summed E-state index contributed by atoms with van der Waals surface area (Å²) in [6, 6.07) is 11.7. The maximum absolute atomic E-state index is 15.4. The van der Waals surface area contributed by atoms with Gasteiger partial charge in [0, 0.05) is 67.0 Å². The average Bonchev–Trinajstić information content (AvgIpc) is 3.90. The molecule has 2 aromatic carbocycles. The lowest BCUT2D eigenvalue weighted by Gasteiger charge is -2.37. The number of piperidine rings is 2. The van der Waals surface area contributed by atoms with Crippen LogP contribution in [0.2, 0.25) is 5.02 Å². The SMILES string of the molecule is O=C1CCC(N2C(=O)c3cc(F)c(N4CCC(CCN5CCN(c6cccc(C7(C8CC8)CNc8nccc(Cl)c87)c6)C(=O)C5)CC4)cc3C2=O)C(=O)N1. The first-order valence-corrected chi connectivity index (χ1v) is 19.3. The molecule has 0 spiro atoms. The van der Waals surface area contributed by atoms with E-state index in [0.29, 0.717) is 38.0 Å². The number of amides is 5. The Labute approximate surface area is 317 Å². The monoisotopic (exact) mass is 753 g/mol. The van der Waals surface area contributed by atoms with E-state index in [2.05, 4.69) is 32.7 Å². The second kappa shape index (κ2) is 13.5. The number of nitrogens with zero attached hydrogens (tertiary/aromatic N) is 5. The lowest BCUT2D eigenvalue weighted by molar-refractivity contribution is -0.136. The highest BCUT2D eigenvalue weighted by Crippen LogP contribution is 2.57. The molecule has 6 aliphatic rings. The number of rotatable bonds is 8. The lowest BCUT2D eigenvalue weighted by Crippen LogP contribution is -2.54. The molecule has 1 saturated carbocycles. The van der Waals surface area contributed by atoms with E-state index in [4.69, 9.17) is 11.6 Å². The van der Waals surface area contributed by atoms with E-state index >= 15 is 4.39 Å². The van der Waals surface area contributed by atoms with Gasteiger partial charge in [-0.2, -0.15) is 0 Å². The van der Waals surface area contributed by atoms with Crippen LogP contribution in [0.5, 0.6) is 0 Å². The number of nitrogens with one attached hydrogen (secondary N) is 2. The van der Waals surface area contributed by atoms with Gasteiger partial charge < -0.3 is 15.1 Å². The number of hydrogen-bond donors (Lipinski definition) is 2. The summed E-state index contributed by atoms with van der Waals surface area (Å²) < 4.78 is 15.4. The summed E-state index contributed by atoms with van der Waals surface area (Å²) in [5, 5.41) is 6.40. The number of pyridine rings is 1. The van der Waals surface area contributed by atoms with Crippen molar-refractivity contribution in [1.82, 2.24) is 20.1 Å². The Balaban J connectivity index is 0.801. The largest absolute Gasteiger partial charge is 0.369 e. The fourth-order valence-electron chi connectivity index (χ4n) is 9.40. The number of carbonyl (C=O) groups is 5. The summed E-state index contributed by atoms with van der Waals surface area (Å²) in [6.45, 7) is 4.43. The summed E-state index contributed by atoms with van der Waals surface area (Å²) in [5.41, 5.74) is 3.15. The molecule has 1 aromatic heterocycles. The van der Waals surface area contributed by atoms with Crippen molar-refractivity contribution in [1.29, 1.82) is 0 Å². The quantitative estimate of drug-likeness (QED) is 0.322. The van der Waals surface area contributed by atoms with E-state index < -0.39 is 35.5 Å². The normalized spacial score (nSPS) is 24.9. The number of halogens is 2. The third-order valence-corrected chi connectivity index (χ3v) is 12.8. The number of hydrogen-bond acceptors (Lipinski definition) is 9. The highest BCUT2D eigenvalue weighted by Gasteiger charge is 2.53. The van der Waals surface area contributed by atoms with Gasteiger partial charge in [0.1, 0.15) is 17.7 Å². The third-order valence-electron chi connectivity index (χ3n) is 12.4. The minimum absolute atomic E-state index is 0.0172. The number of aromatic nitrogens is 1. The summed E-state index contributed by atoms with van der Waals surface area (Å²) in [6.07, 6.45) is 6.63. The van der Waals surface area contributed by atoms with Crippen molar-refractivity contribution in [2.45, 2.75) is 56.4 Å². The molecule has 2 N–H and O–H groups in total. The molecular weight excluding hydrogens is 713 g/mol. The van der Waals surface area contributed by atoms with Gasteiger partial charge in [0.15, 0.2) is 0 Å². The molecule has 0 radical (unpaired) electrons. The Hall–Kier alpha value is -4.88. The van der Waals surface area contributed by atoms with Crippen molar-refractivity contribution in [2.75, 3.05) is 60.9 Å². The maximum Gasteiger partial charge on any atom is 0.262 e. The van der Waals surface area contributed by atoms with Gasteiger partial charge in [-0.3, -0.25) is 39.1 Å². The molecule has 5 aliphatic heterocycles. The predicted molar refractivity (Wildman–Crippen MR) is 199 cm³/mol. The van der Waals surface area contributed by atoms with Crippen molar-refractivity contribution in [2.24, 2.45) is 11.8 Å². The standard InChI is InChI=1S/C40H41ClFN7O5/c41-29-8-12-43-36-35(29)40(22-44-36,24-4-5-24)25-2-1-3-26(18-25)48-17-16-46(21-34(48)51)13-9-23-10-14-47(15-11-23)32-20-28-27(19-30(32)42)38(53)49(39(28)54)31-6-7-33(50)45-37(31)52/h1-3,8,12,18-20,23-24,31H,4-7,9-11,13-17,21-22H2,(H,43,44)(H,45,50,52). The maximum atomic E-state index is 15.4. The van der Waals surface area contributed by atoms with Crippen LogP contribution >= 0.6 is 11.6 Å². The molecule has 5 amide bonds. The van der Waals surface area contributed by atoms with Crippen molar-refractivity contribution in [3.63, 3.8) is 0 Å². The van der Waals surface area contributed by atoms with E-state index in [9.17, 15) is 24.0 Å². The summed E-state index contributed by atoms with van der Waals surface area (Å²) in [7, 11) is 0. The Morgan fingerprint density at radius 1 is 0.907 bits per heavy atom. The first-order chi connectivity index (χ1) is 26.1. The van der Waals surface area contributed by atoms with Crippen LogP contribution in [-0.4, -0.2) is 96.2 Å². The first-order valence-electron chi connectivity index (χ1n) is 18.9. The minimum atomic E-state index is -1.10. The second-order valence-corrected chi connectivity index (χ2v) is 15.9. The first kappa shape index (κ1) is 34.9.